The van der Waals surface area contributed by atoms with E-state index in [1.54, 1.807) is 6.20 Å². The molecular formula is C16H11BrN6. The molecule has 3 aromatic heterocycles. The molecule has 23 heavy (non-hydrogen) atoms. The van der Waals surface area contributed by atoms with Crippen molar-refractivity contribution in [3.8, 4) is 22.6 Å². The molecule has 3 N–H and O–H groups in total. The van der Waals surface area contributed by atoms with Gasteiger partial charge in [-0.3, -0.25) is 4.98 Å². The summed E-state index contributed by atoms with van der Waals surface area (Å²) in [4.78, 5) is 12.0. The van der Waals surface area contributed by atoms with E-state index in [1.807, 2.05) is 42.6 Å². The van der Waals surface area contributed by atoms with E-state index in [4.69, 9.17) is 5.73 Å². The van der Waals surface area contributed by atoms with E-state index in [2.05, 4.69) is 41.1 Å². The zero-order chi connectivity index (χ0) is 15.8. The first-order chi connectivity index (χ1) is 11.2. The number of hydrogen-bond acceptors (Lipinski definition) is 5. The number of aromatic amines is 1. The molecule has 1 aromatic carbocycles. The fraction of sp³-hybridized carbons (Fsp3) is 0. The highest BCUT2D eigenvalue weighted by Gasteiger charge is 2.17. The van der Waals surface area contributed by atoms with Gasteiger partial charge in [-0.25, -0.2) is 4.98 Å². The van der Waals surface area contributed by atoms with Crippen molar-refractivity contribution in [2.75, 3.05) is 5.73 Å². The summed E-state index contributed by atoms with van der Waals surface area (Å²) in [5, 5.41) is 9.11. The summed E-state index contributed by atoms with van der Waals surface area (Å²) >= 11 is 3.50. The van der Waals surface area contributed by atoms with Crippen LogP contribution in [0, 0.1) is 0 Å². The Hall–Kier alpha value is -2.80. The number of aromatic nitrogens is 5. The highest BCUT2D eigenvalue weighted by Crippen LogP contribution is 2.34. The highest BCUT2D eigenvalue weighted by atomic mass is 79.9. The minimum Gasteiger partial charge on any atom is -0.366 e. The number of nitrogen functional groups attached to an aromatic ring is 1. The second-order valence-corrected chi connectivity index (χ2v) is 5.89. The maximum atomic E-state index is 5.76. The molecule has 6 nitrogen and oxygen atoms in total. The smallest absolute Gasteiger partial charge is 0.240 e. The first kappa shape index (κ1) is 13.8. The van der Waals surface area contributed by atoms with Gasteiger partial charge in [0.1, 0.15) is 11.4 Å². The normalized spacial score (nSPS) is 11.0. The van der Waals surface area contributed by atoms with Gasteiger partial charge in [0.2, 0.25) is 5.95 Å². The van der Waals surface area contributed by atoms with Gasteiger partial charge in [-0.05, 0) is 30.3 Å². The minimum atomic E-state index is 0.129. The molecule has 0 radical (unpaired) electrons. The van der Waals surface area contributed by atoms with Crippen molar-refractivity contribution in [3.05, 3.63) is 53.3 Å². The molecule has 0 aliphatic heterocycles. The number of anilines is 1. The topological polar surface area (TPSA) is 93.4 Å². The third kappa shape index (κ3) is 2.44. The average Bonchev–Trinajstić information content (AvgIpc) is 2.98. The zero-order valence-corrected chi connectivity index (χ0v) is 13.4. The summed E-state index contributed by atoms with van der Waals surface area (Å²) in [5.41, 5.74) is 9.63. The Kier molecular flexibility index (Phi) is 3.27. The second-order valence-electron chi connectivity index (χ2n) is 4.97. The van der Waals surface area contributed by atoms with Crippen LogP contribution in [0.2, 0.25) is 0 Å². The lowest BCUT2D eigenvalue weighted by Crippen LogP contribution is -2.02. The first-order valence-electron chi connectivity index (χ1n) is 6.91. The lowest BCUT2D eigenvalue weighted by molar-refractivity contribution is 0.991. The first-order valence-corrected chi connectivity index (χ1v) is 7.70. The quantitative estimate of drug-likeness (QED) is 0.566. The van der Waals surface area contributed by atoms with Crippen LogP contribution in [0.1, 0.15) is 0 Å². The Bertz CT molecular complexity index is 996. The molecule has 0 aliphatic rings. The fourth-order valence-electron chi connectivity index (χ4n) is 2.49. The van der Waals surface area contributed by atoms with Gasteiger partial charge in [-0.1, -0.05) is 22.0 Å². The molecule has 0 spiro atoms. The zero-order valence-electron chi connectivity index (χ0n) is 11.9. The predicted octanol–water partition coefficient (Wildman–Crippen LogP) is 3.43. The van der Waals surface area contributed by atoms with Gasteiger partial charge >= 0.3 is 0 Å². The molecule has 7 heteroatoms. The molecule has 0 saturated carbocycles. The fourth-order valence-corrected chi connectivity index (χ4v) is 2.85. The number of hydrogen-bond donors (Lipinski definition) is 2. The third-order valence-corrected chi connectivity index (χ3v) is 4.00. The van der Waals surface area contributed by atoms with Crippen molar-refractivity contribution in [3.63, 3.8) is 0 Å². The number of H-pyrrole nitrogens is 1. The summed E-state index contributed by atoms with van der Waals surface area (Å²) in [6.45, 7) is 0. The Morgan fingerprint density at radius 3 is 2.78 bits per heavy atom. The highest BCUT2D eigenvalue weighted by molar-refractivity contribution is 9.10. The number of pyridine rings is 1. The average molecular weight is 367 g/mol. The van der Waals surface area contributed by atoms with E-state index < -0.39 is 0 Å². The number of benzene rings is 1. The van der Waals surface area contributed by atoms with Gasteiger partial charge in [0.15, 0.2) is 0 Å². The Labute approximate surface area is 139 Å². The molecule has 0 unspecified atom stereocenters. The van der Waals surface area contributed by atoms with Gasteiger partial charge in [0.25, 0.3) is 0 Å². The van der Waals surface area contributed by atoms with Crippen molar-refractivity contribution in [1.82, 2.24) is 25.1 Å². The Morgan fingerprint density at radius 2 is 1.96 bits per heavy atom. The van der Waals surface area contributed by atoms with Crippen LogP contribution in [-0.2, 0) is 0 Å². The maximum absolute atomic E-state index is 5.76. The molecule has 112 valence electrons. The van der Waals surface area contributed by atoms with Crippen LogP contribution in [0.4, 0.5) is 5.95 Å². The van der Waals surface area contributed by atoms with Crippen LogP contribution >= 0.6 is 15.9 Å². The molecule has 0 atom stereocenters. The van der Waals surface area contributed by atoms with Crippen LogP contribution in [0.15, 0.2) is 53.3 Å². The molecule has 3 heterocycles. The Balaban J connectivity index is 2.01. The van der Waals surface area contributed by atoms with Crippen LogP contribution in [-0.4, -0.2) is 25.1 Å². The van der Waals surface area contributed by atoms with Crippen molar-refractivity contribution in [1.29, 1.82) is 0 Å². The van der Waals surface area contributed by atoms with Crippen molar-refractivity contribution < 1.29 is 0 Å². The van der Waals surface area contributed by atoms with E-state index in [0.717, 1.165) is 20.9 Å². The number of nitrogens with one attached hydrogen (secondary N) is 1. The summed E-state index contributed by atoms with van der Waals surface area (Å²) < 4.78 is 0.986. The van der Waals surface area contributed by atoms with Crippen molar-refractivity contribution >= 4 is 32.8 Å². The monoisotopic (exact) mass is 366 g/mol. The number of halogens is 1. The summed E-state index contributed by atoms with van der Waals surface area (Å²) in [7, 11) is 0. The Morgan fingerprint density at radius 1 is 1.04 bits per heavy atom. The third-order valence-electron chi connectivity index (χ3n) is 3.51. The van der Waals surface area contributed by atoms with Crippen LogP contribution in [0.5, 0.6) is 0 Å². The van der Waals surface area contributed by atoms with E-state index in [0.29, 0.717) is 17.1 Å². The summed E-state index contributed by atoms with van der Waals surface area (Å²) in [5.74, 6) is 0.129. The predicted molar refractivity (Wildman–Crippen MR) is 92.5 cm³/mol. The van der Waals surface area contributed by atoms with Gasteiger partial charge in [-0.15, -0.1) is 10.2 Å². The number of nitrogens with zero attached hydrogens (tertiary/aromatic N) is 4. The van der Waals surface area contributed by atoms with E-state index >= 15 is 0 Å². The van der Waals surface area contributed by atoms with Crippen molar-refractivity contribution in [2.45, 2.75) is 0 Å². The van der Waals surface area contributed by atoms with E-state index in [9.17, 15) is 0 Å². The maximum Gasteiger partial charge on any atom is 0.240 e. The molecule has 0 aliphatic carbocycles. The van der Waals surface area contributed by atoms with Crippen LogP contribution in [0.3, 0.4) is 0 Å². The molecule has 0 fully saturated rings. The molecule has 0 saturated heterocycles. The standard InChI is InChI=1S/C16H11BrN6/c17-9-4-5-12-10(7-9)11(8-20-12)14-15(22-23-16(18)21-14)13-3-1-2-6-19-13/h1-8,20H,(H2,18,21,23). The molecule has 0 amide bonds. The van der Waals surface area contributed by atoms with Gasteiger partial charge in [0, 0.05) is 33.3 Å². The second kappa shape index (κ2) is 5.44. The van der Waals surface area contributed by atoms with Gasteiger partial charge in [-0.2, -0.15) is 0 Å². The van der Waals surface area contributed by atoms with Crippen LogP contribution < -0.4 is 5.73 Å². The number of fused-ring (bicyclic) bond motifs is 1. The number of nitrogens with two attached hydrogens (primary N) is 1. The molecular weight excluding hydrogens is 356 g/mol. The summed E-state index contributed by atoms with van der Waals surface area (Å²) in [6, 6.07) is 11.6. The molecule has 4 aromatic rings. The molecule has 0 bridgehead atoms. The minimum absolute atomic E-state index is 0.129. The van der Waals surface area contributed by atoms with Crippen LogP contribution in [0.25, 0.3) is 33.5 Å². The lowest BCUT2D eigenvalue weighted by Gasteiger charge is -2.06. The number of rotatable bonds is 2. The SMILES string of the molecule is Nc1nnc(-c2ccccn2)c(-c2c[nH]c3ccc(Br)cc23)n1. The summed E-state index contributed by atoms with van der Waals surface area (Å²) in [6.07, 6.45) is 3.61. The van der Waals surface area contributed by atoms with Gasteiger partial charge < -0.3 is 10.7 Å². The largest absolute Gasteiger partial charge is 0.366 e. The van der Waals surface area contributed by atoms with E-state index in [1.165, 1.54) is 0 Å². The van der Waals surface area contributed by atoms with Crippen molar-refractivity contribution in [2.24, 2.45) is 0 Å². The lowest BCUT2D eigenvalue weighted by atomic mass is 10.1. The molecule has 4 rings (SSSR count). The van der Waals surface area contributed by atoms with Gasteiger partial charge in [0.05, 0.1) is 5.69 Å². The van der Waals surface area contributed by atoms with E-state index in [-0.39, 0.29) is 5.95 Å².